The second-order valence-electron chi connectivity index (χ2n) is 22.3. The van der Waals surface area contributed by atoms with Gasteiger partial charge in [-0.05, 0) is 79.8 Å². The van der Waals surface area contributed by atoms with Gasteiger partial charge in [-0.3, -0.25) is 25.0 Å². The summed E-state index contributed by atoms with van der Waals surface area (Å²) in [5.41, 5.74) is 0.197. The first-order valence-corrected chi connectivity index (χ1v) is 30.2. The molecule has 0 spiro atoms. The average molecular weight is 1420 g/mol. The van der Waals surface area contributed by atoms with Crippen LogP contribution < -0.4 is 26.6 Å². The number of urea groups is 2. The zero-order valence-corrected chi connectivity index (χ0v) is 56.2. The van der Waals surface area contributed by atoms with E-state index in [1.54, 1.807) is 79.2 Å². The highest BCUT2D eigenvalue weighted by Gasteiger charge is 2.31. The number of nitrogens with one attached hydrogen (secondary N) is 5. The van der Waals surface area contributed by atoms with Gasteiger partial charge >= 0.3 is 36.5 Å². The third kappa shape index (κ3) is 26.6. The van der Waals surface area contributed by atoms with Crippen LogP contribution in [0.1, 0.15) is 65.0 Å². The van der Waals surface area contributed by atoms with Crippen LogP contribution in [0.15, 0.2) is 109 Å². The molecule has 8 rings (SSSR count). The molecule has 0 saturated carbocycles. The fraction of sp³-hybridized carbons (Fsp3) is 0.406. The van der Waals surface area contributed by atoms with Gasteiger partial charge in [-0.25, -0.2) is 42.7 Å². The number of anilines is 2. The van der Waals surface area contributed by atoms with Crippen molar-refractivity contribution in [2.24, 2.45) is 0 Å². The Morgan fingerprint density at radius 2 is 0.979 bits per heavy atom. The fourth-order valence-corrected chi connectivity index (χ4v) is 9.66. The smallest absolute Gasteiger partial charge is 0.446 e. The van der Waals surface area contributed by atoms with Gasteiger partial charge in [0.15, 0.2) is 0 Å². The molecule has 9 amide bonds. The summed E-state index contributed by atoms with van der Waals surface area (Å²) in [5, 5.41) is 17.3. The third-order valence-corrected chi connectivity index (χ3v) is 15.3. The van der Waals surface area contributed by atoms with E-state index in [1.807, 2.05) is 48.5 Å². The summed E-state index contributed by atoms with van der Waals surface area (Å²) in [6, 6.07) is 25.0. The Hall–Kier alpha value is -8.45. The first-order valence-electron chi connectivity index (χ1n) is 29.4. The number of amides is 9. The number of aldehydes is 1. The molecule has 5 N–H and O–H groups in total. The van der Waals surface area contributed by atoms with Crippen molar-refractivity contribution in [2.45, 2.75) is 90.8 Å². The minimum absolute atomic E-state index is 0. The van der Waals surface area contributed by atoms with Crippen LogP contribution in [-0.2, 0) is 41.7 Å². The summed E-state index contributed by atoms with van der Waals surface area (Å²) in [4.78, 5) is 115. The monoisotopic (exact) mass is 1420 g/mol. The number of piperazine rings is 2. The SMILES string of the molecule is C.CN(C(=O)NCc1cccc(F)c1Cl)[C@@H](CCC(=O)N1CCN(C(=O)OC(C)(C)C)CC1)COC(=O)Nc1cc2ccccc2cn1.CN(C(=O)NCc1cccc(F)c1Cl)[C@@H](CCC(=O)N1CCNCC1)COC(=O)Nc1cc2ccccc2cn1.O=CC(F)(F)F.S.S. The highest BCUT2D eigenvalue weighted by molar-refractivity contribution is 7.59. The Labute approximate surface area is 577 Å². The number of likely N-dealkylation sites (N-methyl/N-ethyl adjacent to an activating group) is 2. The highest BCUT2D eigenvalue weighted by Crippen LogP contribution is 2.23. The summed E-state index contributed by atoms with van der Waals surface area (Å²) in [5.74, 6) is -0.751. The number of alkyl halides is 3. The summed E-state index contributed by atoms with van der Waals surface area (Å²) >= 11 is 12.0. The number of nitrogens with zero attached hydrogens (tertiary/aromatic N) is 7. The van der Waals surface area contributed by atoms with Crippen molar-refractivity contribution in [1.29, 1.82) is 0 Å². The summed E-state index contributed by atoms with van der Waals surface area (Å²) in [7, 11) is 3.07. The Balaban J connectivity index is 0.000000452. The molecule has 0 radical (unpaired) electrons. The Morgan fingerprint density at radius 1 is 0.604 bits per heavy atom. The van der Waals surface area contributed by atoms with Crippen LogP contribution in [0.5, 0.6) is 0 Å². The lowest BCUT2D eigenvalue weighted by Crippen LogP contribution is -2.52. The average Bonchev–Trinajstić information content (AvgIpc) is 1.19. The number of carbonyl (C=O) groups is 8. The molecule has 2 fully saturated rings. The van der Waals surface area contributed by atoms with E-state index in [4.69, 9.17) is 42.2 Å². The molecule has 0 aliphatic carbocycles. The maximum Gasteiger partial charge on any atom is 0.446 e. The minimum Gasteiger partial charge on any atom is -0.447 e. The van der Waals surface area contributed by atoms with Gasteiger partial charge in [-0.2, -0.15) is 40.2 Å². The number of fused-ring (bicyclic) bond motifs is 2. The predicted molar refractivity (Wildman–Crippen MR) is 366 cm³/mol. The maximum atomic E-state index is 13.9. The largest absolute Gasteiger partial charge is 0.447 e. The zero-order chi connectivity index (χ0) is 67.8. The molecular formula is C64H81Cl2F5N12O11S2. The van der Waals surface area contributed by atoms with Crippen molar-refractivity contribution in [1.82, 2.24) is 50.4 Å². The van der Waals surface area contributed by atoms with Crippen LogP contribution in [0.3, 0.4) is 0 Å². The lowest BCUT2D eigenvalue weighted by Gasteiger charge is -2.36. The Kier molecular flexibility index (Phi) is 33.7. The van der Waals surface area contributed by atoms with Crippen molar-refractivity contribution in [3.05, 3.63) is 142 Å². The molecular weight excluding hydrogens is 1340 g/mol. The molecule has 4 aromatic carbocycles. The van der Waals surface area contributed by atoms with Crippen LogP contribution in [0, 0.1) is 11.6 Å². The molecule has 0 bridgehead atoms. The number of hydrogen-bond donors (Lipinski definition) is 5. The van der Waals surface area contributed by atoms with Crippen LogP contribution in [0.25, 0.3) is 21.5 Å². The second-order valence-corrected chi connectivity index (χ2v) is 23.0. The predicted octanol–water partition coefficient (Wildman–Crippen LogP) is 11.3. The molecule has 2 atom stereocenters. The van der Waals surface area contributed by atoms with Gasteiger partial charge in [0, 0.05) is 116 Å². The number of pyridine rings is 2. The molecule has 32 heteroatoms. The summed E-state index contributed by atoms with van der Waals surface area (Å²) in [6.07, 6.45) is -3.67. The normalized spacial score (nSPS) is 13.3. The molecule has 23 nitrogen and oxygen atoms in total. The van der Waals surface area contributed by atoms with E-state index >= 15 is 0 Å². The van der Waals surface area contributed by atoms with Gasteiger partial charge in [-0.1, -0.05) is 103 Å². The van der Waals surface area contributed by atoms with Crippen molar-refractivity contribution in [3.63, 3.8) is 0 Å². The van der Waals surface area contributed by atoms with E-state index in [-0.39, 0.29) is 108 Å². The zero-order valence-electron chi connectivity index (χ0n) is 52.7. The van der Waals surface area contributed by atoms with Crippen molar-refractivity contribution >= 4 is 132 Å². The van der Waals surface area contributed by atoms with Crippen LogP contribution >= 0.6 is 50.2 Å². The maximum absolute atomic E-state index is 13.9. The van der Waals surface area contributed by atoms with E-state index in [1.165, 1.54) is 41.1 Å². The number of hydrogen-bond acceptors (Lipinski definition) is 14. The molecule has 4 heterocycles. The summed E-state index contributed by atoms with van der Waals surface area (Å²) in [6.45, 7) is 9.01. The standard InChI is InChI=1S/C33H40ClFN6O6.C28H32ClFN6O4.C2HF3O.CH4.2H2S/c1-33(2,3)47-32(45)41-16-14-40(15-17-41)28(42)13-12-25(39(4)30(43)37-20-24-10-7-11-26(35)29(24)34)21-46-31(44)38-27-18-22-8-5-6-9-23(22)19-36-27;1-35(27(38)33-17-21-7-4-8-23(30)26(21)29)22(9-10-25(37)36-13-11-31-12-14-36)18-40-28(39)34-24-15-19-5-2-3-6-20(19)16-32-24;3-2(4,5)1-6;;;/h5-11,18-19,25H,12-17,20-21H2,1-4H3,(H,37,43)(H,36,38,44);2-8,15-16,22,31H,9-14,17-18H2,1H3,(H,33,38)(H,32,34,39);1H;1H4;2*1H2/t25-;22-;;;;/m00..../s1. The third-order valence-electron chi connectivity index (χ3n) is 14.5. The van der Waals surface area contributed by atoms with Gasteiger partial charge in [0.05, 0.1) is 22.1 Å². The van der Waals surface area contributed by atoms with Gasteiger partial charge in [0.1, 0.15) is 42.1 Å². The molecule has 2 aliphatic heterocycles. The van der Waals surface area contributed by atoms with E-state index in [0.717, 1.165) is 34.6 Å². The minimum atomic E-state index is -4.64. The quantitative estimate of drug-likeness (QED) is 0.0304. The van der Waals surface area contributed by atoms with E-state index < -0.39 is 72.1 Å². The molecule has 6 aromatic rings. The summed E-state index contributed by atoms with van der Waals surface area (Å²) < 4.78 is 75.3. The number of aromatic nitrogens is 2. The molecule has 2 aromatic heterocycles. The molecule has 2 saturated heterocycles. The molecule has 96 heavy (non-hydrogen) atoms. The van der Waals surface area contributed by atoms with Crippen LogP contribution in [-0.4, -0.2) is 186 Å². The number of halogens is 7. The number of ether oxygens (including phenoxy) is 3. The lowest BCUT2D eigenvalue weighted by molar-refractivity contribution is -0.156. The van der Waals surface area contributed by atoms with Crippen LogP contribution in [0.4, 0.5) is 57.6 Å². The molecule has 0 unspecified atom stereocenters. The van der Waals surface area contributed by atoms with E-state index in [9.17, 15) is 55.5 Å². The number of rotatable bonds is 18. The van der Waals surface area contributed by atoms with Crippen molar-refractivity contribution in [3.8, 4) is 0 Å². The van der Waals surface area contributed by atoms with Gasteiger partial charge in [-0.15, -0.1) is 0 Å². The Morgan fingerprint density at radius 3 is 1.36 bits per heavy atom. The highest BCUT2D eigenvalue weighted by atomic mass is 35.5. The topological polar surface area (TPSA) is 266 Å². The van der Waals surface area contributed by atoms with Gasteiger partial charge < -0.3 is 54.7 Å². The first-order chi connectivity index (χ1) is 44.2. The number of benzene rings is 4. The lowest BCUT2D eigenvalue weighted by atomic mass is 10.1. The first kappa shape index (κ1) is 81.8. The Bertz CT molecular complexity index is 3570. The molecule has 524 valence electrons. The van der Waals surface area contributed by atoms with Crippen molar-refractivity contribution < 1.29 is 74.5 Å². The van der Waals surface area contributed by atoms with E-state index in [0.29, 0.717) is 62.0 Å². The van der Waals surface area contributed by atoms with Crippen LogP contribution in [0.2, 0.25) is 10.0 Å². The number of carbonyl (C=O) groups excluding carboxylic acids is 8. The van der Waals surface area contributed by atoms with Gasteiger partial charge in [0.2, 0.25) is 18.1 Å². The van der Waals surface area contributed by atoms with Crippen molar-refractivity contribution in [2.75, 3.05) is 90.3 Å². The molecule has 2 aliphatic rings. The van der Waals surface area contributed by atoms with Gasteiger partial charge in [0.25, 0.3) is 0 Å². The fourth-order valence-electron chi connectivity index (χ4n) is 9.27. The van der Waals surface area contributed by atoms with E-state index in [2.05, 4.69) is 36.6 Å². The second kappa shape index (κ2) is 39.6.